The van der Waals surface area contributed by atoms with Gasteiger partial charge in [0.1, 0.15) is 16.5 Å². The lowest BCUT2D eigenvalue weighted by atomic mass is 10.2. The summed E-state index contributed by atoms with van der Waals surface area (Å²) in [5, 5.41) is 20.4. The summed E-state index contributed by atoms with van der Waals surface area (Å²) in [6.45, 7) is -0.239. The SMILES string of the molecule is O=[N+]([O-])c1ccc(Oc2ccc(Cl)cc2CO)cc1Cl. The third-order valence-corrected chi connectivity index (χ3v) is 3.07. The molecule has 0 saturated carbocycles. The van der Waals surface area contributed by atoms with Gasteiger partial charge >= 0.3 is 0 Å². The first-order valence-corrected chi connectivity index (χ1v) is 6.28. The summed E-state index contributed by atoms with van der Waals surface area (Å²) in [4.78, 5) is 10.1. The monoisotopic (exact) mass is 313 g/mol. The molecule has 7 heteroatoms. The first-order valence-electron chi connectivity index (χ1n) is 5.52. The zero-order valence-corrected chi connectivity index (χ0v) is 11.6. The average Bonchev–Trinajstić information content (AvgIpc) is 2.40. The van der Waals surface area contributed by atoms with Gasteiger partial charge in [0, 0.05) is 22.7 Å². The minimum Gasteiger partial charge on any atom is -0.457 e. The quantitative estimate of drug-likeness (QED) is 0.678. The maximum Gasteiger partial charge on any atom is 0.288 e. The van der Waals surface area contributed by atoms with Crippen molar-refractivity contribution in [2.75, 3.05) is 0 Å². The van der Waals surface area contributed by atoms with Crippen molar-refractivity contribution in [1.82, 2.24) is 0 Å². The van der Waals surface area contributed by atoms with E-state index < -0.39 is 4.92 Å². The molecule has 0 aliphatic heterocycles. The number of ether oxygens (including phenoxy) is 1. The number of hydrogen-bond acceptors (Lipinski definition) is 4. The van der Waals surface area contributed by atoms with Crippen LogP contribution in [0.4, 0.5) is 5.69 Å². The molecule has 0 aliphatic rings. The predicted octanol–water partition coefficient (Wildman–Crippen LogP) is 4.19. The molecule has 0 aromatic heterocycles. The van der Waals surface area contributed by atoms with Crippen LogP contribution in [-0.4, -0.2) is 10.0 Å². The Hall–Kier alpha value is -1.82. The molecule has 2 aromatic rings. The molecule has 0 atom stereocenters. The summed E-state index contributed by atoms with van der Waals surface area (Å²) in [5.41, 5.74) is 0.310. The van der Waals surface area contributed by atoms with Crippen molar-refractivity contribution in [3.8, 4) is 11.5 Å². The van der Waals surface area contributed by atoms with Crippen molar-refractivity contribution >= 4 is 28.9 Å². The van der Waals surface area contributed by atoms with Gasteiger partial charge in [-0.05, 0) is 24.3 Å². The van der Waals surface area contributed by atoms with Crippen LogP contribution in [0, 0.1) is 10.1 Å². The molecule has 0 amide bonds. The fraction of sp³-hybridized carbons (Fsp3) is 0.0769. The van der Waals surface area contributed by atoms with Crippen molar-refractivity contribution in [1.29, 1.82) is 0 Å². The minimum atomic E-state index is -0.576. The van der Waals surface area contributed by atoms with Gasteiger partial charge < -0.3 is 9.84 Å². The minimum absolute atomic E-state index is 0.0213. The highest BCUT2D eigenvalue weighted by molar-refractivity contribution is 6.32. The van der Waals surface area contributed by atoms with E-state index >= 15 is 0 Å². The Bertz CT molecular complexity index is 661. The van der Waals surface area contributed by atoms with Crippen LogP contribution in [0.3, 0.4) is 0 Å². The Morgan fingerprint density at radius 1 is 1.20 bits per heavy atom. The standard InChI is InChI=1S/C13H9Cl2NO4/c14-9-1-4-13(8(5-9)7-17)20-10-2-3-12(16(18)19)11(15)6-10/h1-6,17H,7H2. The number of aliphatic hydroxyl groups excluding tert-OH is 1. The number of benzene rings is 2. The molecule has 0 radical (unpaired) electrons. The number of nitro groups is 1. The molecule has 1 N–H and O–H groups in total. The normalized spacial score (nSPS) is 10.3. The fourth-order valence-electron chi connectivity index (χ4n) is 1.60. The van der Waals surface area contributed by atoms with E-state index in [1.54, 1.807) is 18.2 Å². The van der Waals surface area contributed by atoms with Crippen molar-refractivity contribution in [2.24, 2.45) is 0 Å². The lowest BCUT2D eigenvalue weighted by Crippen LogP contribution is -1.93. The van der Waals surface area contributed by atoms with Gasteiger partial charge in [-0.3, -0.25) is 10.1 Å². The number of nitrogens with zero attached hydrogens (tertiary/aromatic N) is 1. The van der Waals surface area contributed by atoms with Gasteiger partial charge in [-0.15, -0.1) is 0 Å². The van der Waals surface area contributed by atoms with Crippen LogP contribution in [0.15, 0.2) is 36.4 Å². The number of nitro benzene ring substituents is 1. The van der Waals surface area contributed by atoms with E-state index in [0.717, 1.165) is 0 Å². The van der Waals surface area contributed by atoms with Gasteiger partial charge in [-0.1, -0.05) is 23.2 Å². The van der Waals surface area contributed by atoms with Crippen molar-refractivity contribution < 1.29 is 14.8 Å². The zero-order chi connectivity index (χ0) is 14.7. The Kier molecular flexibility index (Phi) is 4.44. The summed E-state index contributed by atoms with van der Waals surface area (Å²) >= 11 is 11.6. The van der Waals surface area contributed by atoms with E-state index in [1.165, 1.54) is 18.2 Å². The largest absolute Gasteiger partial charge is 0.457 e. The number of halogens is 2. The third kappa shape index (κ3) is 3.19. The zero-order valence-electron chi connectivity index (χ0n) is 10.0. The predicted molar refractivity (Wildman–Crippen MR) is 75.6 cm³/mol. The molecule has 0 heterocycles. The maximum absolute atomic E-state index is 10.7. The second-order valence-electron chi connectivity index (χ2n) is 3.88. The van der Waals surface area contributed by atoms with Crippen LogP contribution < -0.4 is 4.74 Å². The van der Waals surface area contributed by atoms with E-state index in [9.17, 15) is 15.2 Å². The first kappa shape index (κ1) is 14.6. The highest BCUT2D eigenvalue weighted by atomic mass is 35.5. The second-order valence-corrected chi connectivity index (χ2v) is 4.73. The van der Waals surface area contributed by atoms with E-state index in [-0.39, 0.29) is 17.3 Å². The Labute approximate surface area is 124 Å². The molecular weight excluding hydrogens is 305 g/mol. The molecule has 0 aliphatic carbocycles. The van der Waals surface area contributed by atoms with Gasteiger partial charge in [0.05, 0.1) is 11.5 Å². The molecule has 0 spiro atoms. The highest BCUT2D eigenvalue weighted by Gasteiger charge is 2.13. The van der Waals surface area contributed by atoms with E-state index in [4.69, 9.17) is 27.9 Å². The number of hydrogen-bond donors (Lipinski definition) is 1. The highest BCUT2D eigenvalue weighted by Crippen LogP contribution is 2.33. The Balaban J connectivity index is 2.31. The molecular formula is C13H9Cl2NO4. The summed E-state index contributed by atoms with van der Waals surface area (Å²) < 4.78 is 5.55. The van der Waals surface area contributed by atoms with Gasteiger partial charge in [-0.25, -0.2) is 0 Å². The number of aliphatic hydroxyl groups is 1. The second kappa shape index (κ2) is 6.09. The Morgan fingerprint density at radius 3 is 2.55 bits per heavy atom. The van der Waals surface area contributed by atoms with Crippen LogP contribution >= 0.6 is 23.2 Å². The molecule has 0 fully saturated rings. The van der Waals surface area contributed by atoms with Gasteiger partial charge in [0.2, 0.25) is 0 Å². The number of rotatable bonds is 4. The molecule has 20 heavy (non-hydrogen) atoms. The molecule has 104 valence electrons. The lowest BCUT2D eigenvalue weighted by Gasteiger charge is -2.10. The molecule has 0 saturated heterocycles. The van der Waals surface area contributed by atoms with Crippen molar-refractivity contribution in [3.63, 3.8) is 0 Å². The lowest BCUT2D eigenvalue weighted by molar-refractivity contribution is -0.384. The van der Waals surface area contributed by atoms with Crippen LogP contribution in [0.5, 0.6) is 11.5 Å². The van der Waals surface area contributed by atoms with E-state index in [2.05, 4.69) is 0 Å². The summed E-state index contributed by atoms with van der Waals surface area (Å²) in [6, 6.07) is 8.82. The first-order chi connectivity index (χ1) is 9.51. The van der Waals surface area contributed by atoms with Crippen LogP contribution in [0.1, 0.15) is 5.56 Å². The average molecular weight is 314 g/mol. The smallest absolute Gasteiger partial charge is 0.288 e. The van der Waals surface area contributed by atoms with Gasteiger partial charge in [-0.2, -0.15) is 0 Å². The summed E-state index contributed by atoms with van der Waals surface area (Å²) in [6.07, 6.45) is 0. The van der Waals surface area contributed by atoms with E-state index in [1.807, 2.05) is 0 Å². The Morgan fingerprint density at radius 2 is 1.95 bits per heavy atom. The third-order valence-electron chi connectivity index (χ3n) is 2.54. The van der Waals surface area contributed by atoms with Crippen molar-refractivity contribution in [2.45, 2.75) is 6.61 Å². The van der Waals surface area contributed by atoms with Crippen LogP contribution in [-0.2, 0) is 6.61 Å². The van der Waals surface area contributed by atoms with Gasteiger partial charge in [0.25, 0.3) is 5.69 Å². The molecule has 2 aromatic carbocycles. The van der Waals surface area contributed by atoms with Gasteiger partial charge in [0.15, 0.2) is 0 Å². The topological polar surface area (TPSA) is 72.6 Å². The van der Waals surface area contributed by atoms with E-state index in [0.29, 0.717) is 22.1 Å². The van der Waals surface area contributed by atoms with Crippen molar-refractivity contribution in [3.05, 3.63) is 62.1 Å². The molecule has 5 nitrogen and oxygen atoms in total. The molecule has 0 bridgehead atoms. The summed E-state index contributed by atoms with van der Waals surface area (Å²) in [7, 11) is 0. The maximum atomic E-state index is 10.7. The summed E-state index contributed by atoms with van der Waals surface area (Å²) in [5.74, 6) is 0.736. The molecule has 2 rings (SSSR count). The molecule has 0 unspecified atom stereocenters. The van der Waals surface area contributed by atoms with Crippen LogP contribution in [0.2, 0.25) is 10.0 Å². The fourth-order valence-corrected chi connectivity index (χ4v) is 2.03. The van der Waals surface area contributed by atoms with Crippen LogP contribution in [0.25, 0.3) is 0 Å².